The summed E-state index contributed by atoms with van der Waals surface area (Å²) >= 11 is 0. The van der Waals surface area contributed by atoms with Gasteiger partial charge in [0.15, 0.2) is 0 Å². The summed E-state index contributed by atoms with van der Waals surface area (Å²) in [6, 6.07) is 0. The van der Waals surface area contributed by atoms with Gasteiger partial charge in [0.25, 0.3) is 7.82 Å². The van der Waals surface area contributed by atoms with Gasteiger partial charge in [-0.15, -0.1) is 0 Å². The first kappa shape index (κ1) is 45.3. The van der Waals surface area contributed by atoms with Crippen molar-refractivity contribution in [1.82, 2.24) is 0 Å². The summed E-state index contributed by atoms with van der Waals surface area (Å²) in [5.74, 6) is -37.7. The number of hydrogen-bond acceptors (Lipinski definition) is 4. The third kappa shape index (κ3) is 13.5. The van der Waals surface area contributed by atoms with Gasteiger partial charge < -0.3 is 13.9 Å². The van der Waals surface area contributed by atoms with Crippen LogP contribution in [-0.2, 0) is 13.6 Å². The van der Waals surface area contributed by atoms with Crippen molar-refractivity contribution < 1.29 is 105 Å². The molecule has 0 heterocycles. The van der Waals surface area contributed by atoms with E-state index in [4.69, 9.17) is 0 Å². The first-order valence-corrected chi connectivity index (χ1v) is 15.0. The van der Waals surface area contributed by atoms with E-state index in [-0.39, 0.29) is 36.0 Å². The molecule has 19 heteroatoms. The van der Waals surface area contributed by atoms with E-state index in [1.165, 1.54) is 38.5 Å². The van der Waals surface area contributed by atoms with Gasteiger partial charge in [0, 0.05) is 6.42 Å². The number of hydrogen-bond donors (Lipinski definition) is 0. The summed E-state index contributed by atoms with van der Waals surface area (Å²) in [6.45, 7) is -0.447. The fourth-order valence-electron chi connectivity index (χ4n) is 3.75. The summed E-state index contributed by atoms with van der Waals surface area (Å²) < 4.78 is 189. The number of phosphoric acid groups is 1. The summed E-state index contributed by atoms with van der Waals surface area (Å²) in [6.07, 6.45) is 3.46. The Hall–Kier alpha value is 0.200. The van der Waals surface area contributed by atoms with Crippen LogP contribution in [0.4, 0.5) is 57.1 Å². The zero-order chi connectivity index (χ0) is 32.9. The Bertz CT molecular complexity index is 815. The largest absolute Gasteiger partial charge is 1.00 e. The summed E-state index contributed by atoms with van der Waals surface area (Å²) in [5, 5.41) is 0. The Morgan fingerprint density at radius 3 is 1.21 bits per heavy atom. The number of alkyl halides is 13. The van der Waals surface area contributed by atoms with Crippen LogP contribution in [0.2, 0.25) is 0 Å². The van der Waals surface area contributed by atoms with Crippen molar-refractivity contribution in [3.05, 3.63) is 0 Å². The standard InChI is InChI=1S/C24H38F13O4P.Na/c1-2-3-4-5-6-7-8-9-10-11-12-13-14-15-17-40-42(38,39)41-18-16-19(25,26)20(27,28)21(29,30)22(31,32)23(33,34)24(35,36)37;/h2-18H2,1H3,(H,38,39);/q;+1/p-1. The SMILES string of the molecule is CCCCCCCCCCCCCCCCOP(=O)([O-])OCCC(F)(F)C(F)(F)C(F)(F)C(F)(F)C(F)(F)C(F)(F)F.[Na+]. The Labute approximate surface area is 264 Å². The topological polar surface area (TPSA) is 58.6 Å². The molecule has 0 aromatic carbocycles. The van der Waals surface area contributed by atoms with Gasteiger partial charge in [-0.1, -0.05) is 90.4 Å². The third-order valence-corrected chi connectivity index (χ3v) is 7.41. The molecule has 1 unspecified atom stereocenters. The molecule has 0 amide bonds. The molecule has 0 aliphatic carbocycles. The van der Waals surface area contributed by atoms with Crippen LogP contribution in [0.5, 0.6) is 0 Å². The van der Waals surface area contributed by atoms with Crippen LogP contribution in [0.15, 0.2) is 0 Å². The zero-order valence-electron chi connectivity index (χ0n) is 24.0. The quantitative estimate of drug-likeness (QED) is 0.0470. The van der Waals surface area contributed by atoms with Crippen molar-refractivity contribution in [2.45, 2.75) is 139 Å². The van der Waals surface area contributed by atoms with Crippen LogP contribution in [0.25, 0.3) is 0 Å². The van der Waals surface area contributed by atoms with E-state index in [0.717, 1.165) is 32.1 Å². The fraction of sp³-hybridized carbons (Fsp3) is 1.00. The molecular formula is C24H37F13NaO4P. The van der Waals surface area contributed by atoms with E-state index in [0.29, 0.717) is 12.8 Å². The second-order valence-electron chi connectivity index (χ2n) is 9.96. The molecule has 0 aromatic heterocycles. The van der Waals surface area contributed by atoms with E-state index < -0.39 is 63.2 Å². The number of phosphoric ester groups is 1. The van der Waals surface area contributed by atoms with Crippen LogP contribution < -0.4 is 34.5 Å². The Balaban J connectivity index is 0. The van der Waals surface area contributed by atoms with Crippen molar-refractivity contribution in [3.8, 4) is 0 Å². The molecule has 1 atom stereocenters. The van der Waals surface area contributed by atoms with Crippen molar-refractivity contribution in [1.29, 1.82) is 0 Å². The molecule has 43 heavy (non-hydrogen) atoms. The molecular weight excluding hydrogens is 653 g/mol. The zero-order valence-corrected chi connectivity index (χ0v) is 26.9. The van der Waals surface area contributed by atoms with Gasteiger partial charge in [-0.25, -0.2) is 0 Å². The minimum Gasteiger partial charge on any atom is -0.756 e. The summed E-state index contributed by atoms with van der Waals surface area (Å²) in [4.78, 5) is 11.6. The molecule has 0 spiro atoms. The summed E-state index contributed by atoms with van der Waals surface area (Å²) in [5.41, 5.74) is 0. The normalized spacial score (nSPS) is 15.3. The van der Waals surface area contributed by atoms with Gasteiger partial charge in [0.1, 0.15) is 0 Å². The maximum atomic E-state index is 13.7. The van der Waals surface area contributed by atoms with Gasteiger partial charge in [-0.3, -0.25) is 4.57 Å². The molecule has 0 rings (SSSR count). The Kier molecular flexibility index (Phi) is 20.2. The van der Waals surface area contributed by atoms with Crippen molar-refractivity contribution in [3.63, 3.8) is 0 Å². The van der Waals surface area contributed by atoms with Crippen molar-refractivity contribution >= 4 is 7.82 Å². The van der Waals surface area contributed by atoms with E-state index in [1.807, 2.05) is 0 Å². The first-order valence-electron chi connectivity index (χ1n) is 13.6. The summed E-state index contributed by atoms with van der Waals surface area (Å²) in [7, 11) is -5.47. The first-order chi connectivity index (χ1) is 19.0. The second-order valence-corrected chi connectivity index (χ2v) is 11.4. The predicted molar refractivity (Wildman–Crippen MR) is 125 cm³/mol. The molecule has 4 nitrogen and oxygen atoms in total. The van der Waals surface area contributed by atoms with Crippen molar-refractivity contribution in [2.24, 2.45) is 0 Å². The minimum absolute atomic E-state index is 0. The predicted octanol–water partition coefficient (Wildman–Crippen LogP) is 7.10. The number of rotatable bonds is 24. The monoisotopic (exact) mass is 690 g/mol. The minimum atomic E-state index is -8.02. The van der Waals surface area contributed by atoms with Gasteiger partial charge in [0.2, 0.25) is 0 Å². The van der Waals surface area contributed by atoms with Gasteiger partial charge in [0.05, 0.1) is 13.2 Å². The van der Waals surface area contributed by atoms with E-state index in [1.54, 1.807) is 0 Å². The molecule has 0 aromatic rings. The van der Waals surface area contributed by atoms with Crippen LogP contribution in [0.1, 0.15) is 103 Å². The second kappa shape index (κ2) is 19.1. The number of halogens is 13. The van der Waals surface area contributed by atoms with E-state index in [9.17, 15) is 66.5 Å². The molecule has 0 aliphatic heterocycles. The average molecular weight is 690 g/mol. The van der Waals surface area contributed by atoms with Crippen LogP contribution in [-0.4, -0.2) is 49.0 Å². The van der Waals surface area contributed by atoms with Crippen molar-refractivity contribution in [2.75, 3.05) is 13.2 Å². The van der Waals surface area contributed by atoms with Crippen LogP contribution >= 0.6 is 7.82 Å². The maximum absolute atomic E-state index is 13.7. The molecule has 0 fully saturated rings. The molecule has 0 radical (unpaired) electrons. The smallest absolute Gasteiger partial charge is 0.756 e. The molecule has 254 valence electrons. The number of unbranched alkanes of at least 4 members (excludes halogenated alkanes) is 13. The van der Waals surface area contributed by atoms with Gasteiger partial charge in [-0.2, -0.15) is 57.1 Å². The molecule has 0 N–H and O–H groups in total. The maximum Gasteiger partial charge on any atom is 1.00 e. The molecule has 0 saturated heterocycles. The molecule has 0 aliphatic rings. The van der Waals surface area contributed by atoms with E-state index in [2.05, 4.69) is 16.0 Å². The van der Waals surface area contributed by atoms with Gasteiger partial charge in [-0.05, 0) is 6.42 Å². The van der Waals surface area contributed by atoms with Gasteiger partial charge >= 0.3 is 65.3 Å². The Morgan fingerprint density at radius 2 is 0.837 bits per heavy atom. The van der Waals surface area contributed by atoms with Crippen LogP contribution in [0, 0.1) is 0 Å². The average Bonchev–Trinajstić information content (AvgIpc) is 2.84. The fourth-order valence-corrected chi connectivity index (χ4v) is 4.50. The van der Waals surface area contributed by atoms with Crippen LogP contribution in [0.3, 0.4) is 0 Å². The molecule has 0 bridgehead atoms. The third-order valence-electron chi connectivity index (χ3n) is 6.41. The molecule has 0 saturated carbocycles. The van der Waals surface area contributed by atoms with E-state index >= 15 is 0 Å². The Morgan fingerprint density at radius 1 is 0.512 bits per heavy atom.